The van der Waals surface area contributed by atoms with Crippen molar-refractivity contribution in [3.8, 4) is 22.6 Å². The first-order valence-corrected chi connectivity index (χ1v) is 21.4. The van der Waals surface area contributed by atoms with Crippen LogP contribution in [0, 0.1) is 11.7 Å². The van der Waals surface area contributed by atoms with Crippen molar-refractivity contribution in [2.75, 3.05) is 23.9 Å². The van der Waals surface area contributed by atoms with Crippen LogP contribution in [-0.2, 0) is 29.1 Å². The van der Waals surface area contributed by atoms with Crippen molar-refractivity contribution in [3.05, 3.63) is 114 Å². The molecule has 3 aliphatic heterocycles. The Bertz CT molecular complexity index is 2270. The fourth-order valence-corrected chi connectivity index (χ4v) is 9.31. The van der Waals surface area contributed by atoms with Crippen LogP contribution in [0.25, 0.3) is 11.1 Å². The number of rotatable bonds is 15. The Balaban J connectivity index is 1.17. The molecule has 7 rings (SSSR count). The van der Waals surface area contributed by atoms with Gasteiger partial charge in [-0.3, -0.25) is 4.79 Å². The van der Waals surface area contributed by atoms with E-state index in [0.717, 1.165) is 0 Å². The van der Waals surface area contributed by atoms with Crippen LogP contribution in [0.1, 0.15) is 36.1 Å². The van der Waals surface area contributed by atoms with E-state index in [2.05, 4.69) is 0 Å². The van der Waals surface area contributed by atoms with Crippen LogP contribution in [0.3, 0.4) is 0 Å². The molecule has 0 aliphatic carbocycles. The summed E-state index contributed by atoms with van der Waals surface area (Å²) in [7, 11) is -4.82. The van der Waals surface area contributed by atoms with Crippen molar-refractivity contribution in [1.29, 1.82) is 0 Å². The van der Waals surface area contributed by atoms with Crippen LogP contribution in [0.2, 0.25) is 0 Å². The van der Waals surface area contributed by atoms with Gasteiger partial charge in [-0.25, -0.2) is 4.39 Å². The third-order valence-corrected chi connectivity index (χ3v) is 12.6. The number of aliphatic hydroxyl groups excluding tert-OH is 8. The third kappa shape index (κ3) is 9.49. The Morgan fingerprint density at radius 2 is 1.42 bits per heavy atom. The summed E-state index contributed by atoms with van der Waals surface area (Å²) in [6.45, 7) is -1.69. The first kappa shape index (κ1) is 45.4. The topological polar surface area (TPSA) is 273 Å². The number of phenolic OH excluding ortho intramolecular Hbond substituents is 1. The molecule has 334 valence electrons. The van der Waals surface area contributed by atoms with E-state index in [-0.39, 0.29) is 35.8 Å². The van der Waals surface area contributed by atoms with Crippen molar-refractivity contribution in [2.24, 2.45) is 5.92 Å². The van der Waals surface area contributed by atoms with Gasteiger partial charge in [-0.2, -0.15) is 8.42 Å². The predicted molar refractivity (Wildman–Crippen MR) is 215 cm³/mol. The monoisotopic (exact) mass is 885 g/mol. The fraction of sp³-hybridized carbons (Fsp3) is 0.419. The second-order valence-corrected chi connectivity index (χ2v) is 17.1. The maximum absolute atomic E-state index is 14.1. The molecule has 62 heavy (non-hydrogen) atoms. The van der Waals surface area contributed by atoms with Crippen molar-refractivity contribution in [1.82, 2.24) is 0 Å². The van der Waals surface area contributed by atoms with Gasteiger partial charge in [0.1, 0.15) is 78.0 Å². The molecular weight excluding hydrogens is 838 g/mol. The smallest absolute Gasteiger partial charge is 0.311 e. The average Bonchev–Trinajstić information content (AvgIpc) is 3.25. The van der Waals surface area contributed by atoms with Gasteiger partial charge in [0, 0.05) is 11.3 Å². The molecule has 3 aliphatic rings. The first-order valence-electron chi connectivity index (χ1n) is 19.9. The number of hydrogen-bond donors (Lipinski definition) is 9. The molecule has 0 aromatic heterocycles. The van der Waals surface area contributed by atoms with Crippen LogP contribution < -0.4 is 9.08 Å². The molecule has 3 fully saturated rings. The first-order chi connectivity index (χ1) is 29.6. The molecule has 13 atom stereocenters. The maximum Gasteiger partial charge on any atom is 0.311 e. The zero-order valence-corrected chi connectivity index (χ0v) is 33.7. The van der Waals surface area contributed by atoms with E-state index < -0.39 is 114 Å². The van der Waals surface area contributed by atoms with E-state index in [1.807, 2.05) is 0 Å². The molecule has 17 nitrogen and oxygen atoms in total. The Morgan fingerprint density at radius 3 is 2.10 bits per heavy atom. The standard InChI is InChI=1S/C43H48FNO16S/c44-25-12-9-22(10-13-25)30(49)16-15-29-35(45(42(29)55)26-6-2-1-3-7-26)28-14-11-24(23-5-4-8-27(48)17-23)18-31(28)61-62(56,57)21-34-37(51)39(53)41(33(20-47)58-34)60-43-40(54)38(52)36(50)32(19-46)59-43/h1-14,17-18,29-30,32-41,43,46-54H,15-16,19-21H2/t29-,30+,32-,33-,34+,35-,36-,37+,38+,39-,40-,41?,43+/m1/s1. The van der Waals surface area contributed by atoms with E-state index in [1.165, 1.54) is 47.4 Å². The summed E-state index contributed by atoms with van der Waals surface area (Å²) in [6, 6.07) is 23.9. The Kier molecular flexibility index (Phi) is 13.9. The molecule has 3 saturated heterocycles. The lowest BCUT2D eigenvalue weighted by molar-refractivity contribution is -0.341. The number of carbonyl (C=O) groups excluding carboxylic acids is 1. The van der Waals surface area contributed by atoms with Crippen LogP contribution in [-0.4, -0.2) is 140 Å². The molecule has 9 N–H and O–H groups in total. The van der Waals surface area contributed by atoms with Gasteiger partial charge in [-0.15, -0.1) is 0 Å². The summed E-state index contributed by atoms with van der Waals surface area (Å²) in [5.74, 6) is -3.00. The normalized spacial score (nSPS) is 30.7. The fourth-order valence-electron chi connectivity index (χ4n) is 8.14. The van der Waals surface area contributed by atoms with Gasteiger partial charge in [0.2, 0.25) is 5.91 Å². The molecular formula is C43H48FNO16S. The molecule has 4 aromatic rings. The summed E-state index contributed by atoms with van der Waals surface area (Å²) in [5.41, 5.74) is 2.06. The van der Waals surface area contributed by atoms with Crippen molar-refractivity contribution >= 4 is 21.7 Å². The summed E-state index contributed by atoms with van der Waals surface area (Å²) in [5, 5.41) is 94.2. The zero-order chi connectivity index (χ0) is 44.5. The van der Waals surface area contributed by atoms with Gasteiger partial charge in [-0.05, 0) is 72.0 Å². The van der Waals surface area contributed by atoms with Crippen LogP contribution in [0.15, 0.2) is 97.1 Å². The van der Waals surface area contributed by atoms with Crippen molar-refractivity contribution in [2.45, 2.75) is 86.2 Å². The number of hydrogen-bond acceptors (Lipinski definition) is 16. The van der Waals surface area contributed by atoms with Gasteiger partial charge in [0.25, 0.3) is 0 Å². The lowest BCUT2D eigenvalue weighted by atomic mass is 9.77. The van der Waals surface area contributed by atoms with E-state index in [4.69, 9.17) is 18.4 Å². The highest BCUT2D eigenvalue weighted by Gasteiger charge is 2.52. The number of halogens is 1. The minimum absolute atomic E-state index is 0.0736. The number of aliphatic hydroxyl groups is 8. The number of aromatic hydroxyl groups is 1. The quantitative estimate of drug-likeness (QED) is 0.0590. The summed E-state index contributed by atoms with van der Waals surface area (Å²) >= 11 is 0. The number of anilines is 1. The molecule has 0 saturated carbocycles. The van der Waals surface area contributed by atoms with E-state index in [0.29, 0.717) is 22.4 Å². The lowest BCUT2D eigenvalue weighted by Gasteiger charge is -2.48. The van der Waals surface area contributed by atoms with E-state index >= 15 is 0 Å². The molecule has 1 amide bonds. The second-order valence-electron chi connectivity index (χ2n) is 15.5. The predicted octanol–water partition coefficient (Wildman–Crippen LogP) is 0.791. The molecule has 0 radical (unpaired) electrons. The number of amides is 1. The highest BCUT2D eigenvalue weighted by atomic mass is 32.2. The van der Waals surface area contributed by atoms with Crippen molar-refractivity contribution in [3.63, 3.8) is 0 Å². The van der Waals surface area contributed by atoms with Gasteiger partial charge >= 0.3 is 10.1 Å². The SMILES string of the molecule is O=C1[C@H](CC[C@H](O)c2ccc(F)cc2)[C@@H](c2ccc(-c3cccc(O)c3)cc2OS(=O)(=O)C[C@@H]2O[C@H](CO)C(O[C@@H]3O[C@H](CO)[C@@H](O)[C@H](O)[C@H]3O)[C@H](O)[C@H]2O)N1c1ccccc1. The van der Waals surface area contributed by atoms with E-state index in [1.54, 1.807) is 54.6 Å². The Morgan fingerprint density at radius 1 is 0.742 bits per heavy atom. The van der Waals surface area contributed by atoms with Gasteiger partial charge in [0.05, 0.1) is 31.3 Å². The minimum Gasteiger partial charge on any atom is -0.508 e. The molecule has 0 spiro atoms. The van der Waals surface area contributed by atoms with Crippen LogP contribution in [0.5, 0.6) is 11.5 Å². The third-order valence-electron chi connectivity index (χ3n) is 11.5. The minimum atomic E-state index is -4.82. The number of nitrogens with zero attached hydrogens (tertiary/aromatic N) is 1. The van der Waals surface area contributed by atoms with Crippen molar-refractivity contribution < 1.29 is 82.0 Å². The molecule has 1 unspecified atom stereocenters. The number of benzene rings is 4. The molecule has 0 bridgehead atoms. The lowest BCUT2D eigenvalue weighted by Crippen LogP contribution is -2.65. The van der Waals surface area contributed by atoms with E-state index in [9.17, 15) is 63.6 Å². The number of phenols is 1. The average molecular weight is 886 g/mol. The van der Waals surface area contributed by atoms with Gasteiger partial charge < -0.3 is 69.3 Å². The zero-order valence-electron chi connectivity index (χ0n) is 32.9. The number of carbonyl (C=O) groups is 1. The number of ether oxygens (including phenoxy) is 3. The Hall–Kier alpha value is -4.61. The Labute approximate surface area is 355 Å². The van der Waals surface area contributed by atoms with Crippen LogP contribution in [0.4, 0.5) is 10.1 Å². The highest BCUT2D eigenvalue weighted by molar-refractivity contribution is 7.87. The number of β-lactam (4-membered cyclic amide) rings is 1. The van der Waals surface area contributed by atoms with Crippen LogP contribution >= 0.6 is 0 Å². The summed E-state index contributed by atoms with van der Waals surface area (Å²) in [4.78, 5) is 15.4. The number of para-hydroxylation sites is 1. The second kappa shape index (κ2) is 19.0. The molecule has 4 aromatic carbocycles. The molecule has 19 heteroatoms. The summed E-state index contributed by atoms with van der Waals surface area (Å²) < 4.78 is 64.2. The largest absolute Gasteiger partial charge is 0.508 e. The van der Waals surface area contributed by atoms with Gasteiger partial charge in [0.15, 0.2) is 6.29 Å². The maximum atomic E-state index is 14.1. The molecule has 3 heterocycles. The summed E-state index contributed by atoms with van der Waals surface area (Å²) in [6.07, 6.45) is -18.5. The highest BCUT2D eigenvalue weighted by Crippen LogP contribution is 2.50. The van der Waals surface area contributed by atoms with Gasteiger partial charge in [-0.1, -0.05) is 54.6 Å².